The molecule has 1 aromatic carbocycles. The van der Waals surface area contributed by atoms with E-state index in [1.54, 1.807) is 11.3 Å². The Bertz CT molecular complexity index is 677. The molecule has 1 aliphatic heterocycles. The van der Waals surface area contributed by atoms with Gasteiger partial charge in [0.25, 0.3) is 5.91 Å². The van der Waals surface area contributed by atoms with E-state index < -0.39 is 0 Å². The molecule has 1 atom stereocenters. The molecular formula is C17H21N3OS. The van der Waals surface area contributed by atoms with E-state index in [9.17, 15) is 4.79 Å². The third kappa shape index (κ3) is 2.75. The maximum absolute atomic E-state index is 12.4. The van der Waals surface area contributed by atoms with Crippen LogP contribution in [0.15, 0.2) is 23.7 Å². The van der Waals surface area contributed by atoms with E-state index in [2.05, 4.69) is 15.2 Å². The molecule has 1 aromatic heterocycles. The van der Waals surface area contributed by atoms with Gasteiger partial charge in [0.2, 0.25) is 0 Å². The quantitative estimate of drug-likeness (QED) is 0.947. The molecule has 2 aromatic rings. The number of hydrogen-bond donors (Lipinski definition) is 1. The average Bonchev–Trinajstić information content (AvgIpc) is 3.27. The van der Waals surface area contributed by atoms with E-state index in [-0.39, 0.29) is 5.91 Å². The minimum atomic E-state index is 0.0496. The van der Waals surface area contributed by atoms with Crippen LogP contribution in [0.3, 0.4) is 0 Å². The fraction of sp³-hybridized carbons (Fsp3) is 0.529. The first-order valence-corrected chi connectivity index (χ1v) is 9.06. The topological polar surface area (TPSA) is 45.2 Å². The normalized spacial score (nSPS) is 23.4. The number of nitrogens with one attached hydrogen (secondary N) is 1. The smallest absolute Gasteiger partial charge is 0.251 e. The van der Waals surface area contributed by atoms with Crippen molar-refractivity contribution in [1.29, 1.82) is 0 Å². The van der Waals surface area contributed by atoms with E-state index in [4.69, 9.17) is 0 Å². The number of thiazole rings is 1. The lowest BCUT2D eigenvalue weighted by atomic mass is 10.1. The molecule has 116 valence electrons. The molecule has 5 heteroatoms. The zero-order valence-electron chi connectivity index (χ0n) is 12.6. The van der Waals surface area contributed by atoms with Crippen molar-refractivity contribution in [2.45, 2.75) is 44.2 Å². The van der Waals surface area contributed by atoms with Crippen LogP contribution in [0.1, 0.15) is 42.5 Å². The van der Waals surface area contributed by atoms with Gasteiger partial charge in [0.15, 0.2) is 0 Å². The lowest BCUT2D eigenvalue weighted by molar-refractivity contribution is 0.0936. The lowest BCUT2D eigenvalue weighted by Crippen LogP contribution is -2.39. The van der Waals surface area contributed by atoms with Crippen LogP contribution in [0.25, 0.3) is 10.2 Å². The number of carbonyl (C=O) groups is 1. The van der Waals surface area contributed by atoms with Crippen LogP contribution in [-0.4, -0.2) is 41.0 Å². The molecule has 22 heavy (non-hydrogen) atoms. The van der Waals surface area contributed by atoms with Gasteiger partial charge >= 0.3 is 0 Å². The van der Waals surface area contributed by atoms with Gasteiger partial charge in [-0.3, -0.25) is 9.69 Å². The number of likely N-dealkylation sites (tertiary alicyclic amines) is 1. The zero-order valence-corrected chi connectivity index (χ0v) is 13.4. The summed E-state index contributed by atoms with van der Waals surface area (Å²) in [7, 11) is 0. The zero-order chi connectivity index (χ0) is 14.9. The van der Waals surface area contributed by atoms with Crippen LogP contribution >= 0.6 is 11.3 Å². The standard InChI is InChI=1S/C17H21N3OS/c21-17(12-5-6-15-16(9-12)22-11-18-15)19-13-7-8-20(10-13)14-3-1-2-4-14/h5-6,9,11,13-14H,1-4,7-8,10H2,(H,19,21)/t13-/m0/s1. The van der Waals surface area contributed by atoms with E-state index in [1.807, 2.05) is 23.7 Å². The number of fused-ring (bicyclic) bond motifs is 1. The van der Waals surface area contributed by atoms with Crippen molar-refractivity contribution < 1.29 is 4.79 Å². The molecule has 0 spiro atoms. The average molecular weight is 315 g/mol. The second kappa shape index (κ2) is 5.97. The van der Waals surface area contributed by atoms with E-state index in [0.29, 0.717) is 6.04 Å². The number of carbonyl (C=O) groups excluding carboxylic acids is 1. The van der Waals surface area contributed by atoms with Gasteiger partial charge in [0, 0.05) is 30.7 Å². The summed E-state index contributed by atoms with van der Waals surface area (Å²) in [5.74, 6) is 0.0496. The molecule has 0 unspecified atom stereocenters. The number of nitrogens with zero attached hydrogens (tertiary/aromatic N) is 2. The first kappa shape index (κ1) is 14.2. The largest absolute Gasteiger partial charge is 0.348 e. The summed E-state index contributed by atoms with van der Waals surface area (Å²) in [5.41, 5.74) is 3.54. The lowest BCUT2D eigenvalue weighted by Gasteiger charge is -2.23. The fourth-order valence-electron chi connectivity index (χ4n) is 3.77. The highest BCUT2D eigenvalue weighted by atomic mass is 32.1. The van der Waals surface area contributed by atoms with Gasteiger partial charge in [-0.25, -0.2) is 4.98 Å². The maximum atomic E-state index is 12.4. The summed E-state index contributed by atoms with van der Waals surface area (Å²) in [6.07, 6.45) is 6.48. The van der Waals surface area contributed by atoms with Crippen molar-refractivity contribution in [2.75, 3.05) is 13.1 Å². The summed E-state index contributed by atoms with van der Waals surface area (Å²) in [4.78, 5) is 19.3. The Morgan fingerprint density at radius 1 is 1.27 bits per heavy atom. The summed E-state index contributed by atoms with van der Waals surface area (Å²) < 4.78 is 1.08. The highest BCUT2D eigenvalue weighted by Crippen LogP contribution is 2.26. The SMILES string of the molecule is O=C(N[C@H]1CCN(C2CCCC2)C1)c1ccc2ncsc2c1. The molecule has 1 aliphatic carbocycles. The number of benzene rings is 1. The van der Waals surface area contributed by atoms with Crippen molar-refractivity contribution in [2.24, 2.45) is 0 Å². The predicted octanol–water partition coefficient (Wildman–Crippen LogP) is 3.04. The van der Waals surface area contributed by atoms with Gasteiger partial charge in [-0.2, -0.15) is 0 Å². The highest BCUT2D eigenvalue weighted by Gasteiger charge is 2.30. The monoisotopic (exact) mass is 315 g/mol. The summed E-state index contributed by atoms with van der Waals surface area (Å²) in [6.45, 7) is 2.14. The van der Waals surface area contributed by atoms with Crippen LogP contribution in [-0.2, 0) is 0 Å². The maximum Gasteiger partial charge on any atom is 0.251 e. The van der Waals surface area contributed by atoms with Gasteiger partial charge in [0.1, 0.15) is 0 Å². The minimum Gasteiger partial charge on any atom is -0.348 e. The Balaban J connectivity index is 1.39. The van der Waals surface area contributed by atoms with Crippen molar-refractivity contribution in [1.82, 2.24) is 15.2 Å². The summed E-state index contributed by atoms with van der Waals surface area (Å²) >= 11 is 1.58. The Morgan fingerprint density at radius 2 is 2.14 bits per heavy atom. The highest BCUT2D eigenvalue weighted by molar-refractivity contribution is 7.16. The molecule has 2 aliphatic rings. The summed E-state index contributed by atoms with van der Waals surface area (Å²) in [5, 5.41) is 3.21. The van der Waals surface area contributed by atoms with Crippen molar-refractivity contribution in [3.8, 4) is 0 Å². The molecule has 1 saturated carbocycles. The van der Waals surface area contributed by atoms with Crippen LogP contribution in [0.2, 0.25) is 0 Å². The minimum absolute atomic E-state index is 0.0496. The number of aromatic nitrogens is 1. The van der Waals surface area contributed by atoms with Crippen LogP contribution in [0.4, 0.5) is 0 Å². The van der Waals surface area contributed by atoms with Gasteiger partial charge in [-0.15, -0.1) is 11.3 Å². The van der Waals surface area contributed by atoms with Crippen molar-refractivity contribution in [3.63, 3.8) is 0 Å². The summed E-state index contributed by atoms with van der Waals surface area (Å²) in [6, 6.07) is 6.81. The molecular weight excluding hydrogens is 294 g/mol. The Hall–Kier alpha value is -1.46. The van der Waals surface area contributed by atoms with Crippen molar-refractivity contribution in [3.05, 3.63) is 29.3 Å². The molecule has 1 saturated heterocycles. The molecule has 1 amide bonds. The third-order valence-corrected chi connectivity index (χ3v) is 5.78. The Kier molecular flexibility index (Phi) is 3.84. The molecule has 4 nitrogen and oxygen atoms in total. The fourth-order valence-corrected chi connectivity index (χ4v) is 4.49. The van der Waals surface area contributed by atoms with Crippen LogP contribution < -0.4 is 5.32 Å². The number of rotatable bonds is 3. The third-order valence-electron chi connectivity index (χ3n) is 4.99. The second-order valence-corrected chi connectivity index (χ2v) is 7.31. The van der Waals surface area contributed by atoms with Gasteiger partial charge in [-0.1, -0.05) is 12.8 Å². The van der Waals surface area contributed by atoms with E-state index in [1.165, 1.54) is 25.7 Å². The Morgan fingerprint density at radius 3 is 3.00 bits per heavy atom. The molecule has 2 heterocycles. The first-order valence-electron chi connectivity index (χ1n) is 8.18. The predicted molar refractivity (Wildman–Crippen MR) is 89.3 cm³/mol. The molecule has 1 N–H and O–H groups in total. The van der Waals surface area contributed by atoms with Crippen molar-refractivity contribution >= 4 is 27.5 Å². The van der Waals surface area contributed by atoms with Crippen LogP contribution in [0.5, 0.6) is 0 Å². The molecule has 2 fully saturated rings. The Labute approximate surface area is 134 Å². The number of amides is 1. The van der Waals surface area contributed by atoms with Crippen LogP contribution in [0, 0.1) is 0 Å². The van der Waals surface area contributed by atoms with Gasteiger partial charge < -0.3 is 5.32 Å². The number of hydrogen-bond acceptors (Lipinski definition) is 4. The first-order chi connectivity index (χ1) is 10.8. The molecule has 0 radical (unpaired) electrons. The molecule has 4 rings (SSSR count). The van der Waals surface area contributed by atoms with Gasteiger partial charge in [-0.05, 0) is 37.5 Å². The molecule has 0 bridgehead atoms. The van der Waals surface area contributed by atoms with Gasteiger partial charge in [0.05, 0.1) is 15.7 Å². The second-order valence-electron chi connectivity index (χ2n) is 6.43. The van der Waals surface area contributed by atoms with E-state index >= 15 is 0 Å². The van der Waals surface area contributed by atoms with E-state index in [0.717, 1.165) is 41.3 Å².